The number of hydrogen-bond donors (Lipinski definition) is 6. The van der Waals surface area contributed by atoms with Crippen molar-refractivity contribution in [2.24, 2.45) is 0 Å². The molecule has 6 aliphatic heterocycles. The number of benzene rings is 5. The van der Waals surface area contributed by atoms with E-state index in [-0.39, 0.29) is 23.9 Å². The topological polar surface area (TPSA) is 418 Å². The quantitative estimate of drug-likeness (QED) is 0.0592. The summed E-state index contributed by atoms with van der Waals surface area (Å²) in [6, 6.07) is 18.5. The molecule has 0 aliphatic carbocycles. The van der Waals surface area contributed by atoms with Crippen LogP contribution in [0.3, 0.4) is 0 Å². The van der Waals surface area contributed by atoms with Gasteiger partial charge < -0.3 is 39.5 Å². The van der Waals surface area contributed by atoms with E-state index < -0.39 is 66.7 Å². The molecule has 2 amide bonds. The van der Waals surface area contributed by atoms with E-state index in [1.807, 2.05) is 109 Å². The summed E-state index contributed by atoms with van der Waals surface area (Å²) in [6.07, 6.45) is 19.2. The van der Waals surface area contributed by atoms with Crippen molar-refractivity contribution in [1.82, 2.24) is 73.2 Å². The number of fused-ring (bicyclic) bond motifs is 7. The van der Waals surface area contributed by atoms with Gasteiger partial charge in [0.05, 0.1) is 126 Å². The molecule has 36 nitrogen and oxygen atoms in total. The maximum atomic E-state index is 12.1. The Morgan fingerprint density at radius 3 is 1.20 bits per heavy atom. The average molecular weight is 1840 g/mol. The molecule has 11 aromatic rings. The van der Waals surface area contributed by atoms with Gasteiger partial charge in [0.2, 0.25) is 61.9 Å². The lowest BCUT2D eigenvalue weighted by molar-refractivity contribution is -0.116. The van der Waals surface area contributed by atoms with Crippen molar-refractivity contribution in [3.05, 3.63) is 118 Å². The van der Waals surface area contributed by atoms with Crippen LogP contribution in [-0.2, 0) is 64.4 Å². The molecule has 6 N–H and O–H groups in total. The predicted octanol–water partition coefficient (Wildman–Crippen LogP) is 8.73. The Morgan fingerprint density at radius 2 is 0.844 bits per heavy atom. The second-order valence-corrected chi connectivity index (χ2v) is 45.0. The van der Waals surface area contributed by atoms with Gasteiger partial charge in [0.1, 0.15) is 0 Å². The predicted molar refractivity (Wildman–Crippen MR) is 484 cm³/mol. The van der Waals surface area contributed by atoms with E-state index in [0.717, 1.165) is 120 Å². The summed E-state index contributed by atoms with van der Waals surface area (Å²) in [5.41, 5.74) is 9.43. The van der Waals surface area contributed by atoms with Gasteiger partial charge in [-0.1, -0.05) is 23.2 Å². The lowest BCUT2D eigenvalue weighted by atomic mass is 9.97. The van der Waals surface area contributed by atoms with E-state index >= 15 is 0 Å². The van der Waals surface area contributed by atoms with Crippen LogP contribution in [0, 0.1) is 0 Å². The molecule has 2 atom stereocenters. The largest absolute Gasteiger partial charge is 0.378 e. The number of amides is 2. The first kappa shape index (κ1) is 90.7. The van der Waals surface area contributed by atoms with E-state index in [4.69, 9.17) is 27.9 Å². The van der Waals surface area contributed by atoms with Crippen molar-refractivity contribution in [3.63, 3.8) is 0 Å². The summed E-state index contributed by atoms with van der Waals surface area (Å²) in [6.45, 7) is 22.9. The third-order valence-corrected chi connectivity index (χ3v) is 31.3. The van der Waals surface area contributed by atoms with Crippen LogP contribution in [0.4, 0.5) is 45.5 Å². The van der Waals surface area contributed by atoms with Crippen molar-refractivity contribution >= 4 is 196 Å². The Bertz CT molecular complexity index is 6280. The molecule has 44 heteroatoms. The number of thiazole rings is 1. The Balaban J connectivity index is 0.000000132. The molecular formula is C78H105Cl2N23O13S6. The van der Waals surface area contributed by atoms with Gasteiger partial charge in [-0.3, -0.25) is 39.4 Å². The summed E-state index contributed by atoms with van der Waals surface area (Å²) < 4.78 is 133. The van der Waals surface area contributed by atoms with Crippen LogP contribution in [0.15, 0.2) is 103 Å². The minimum absolute atomic E-state index is 0.0583. The average Bonchev–Trinajstić information content (AvgIpc) is 1.32. The van der Waals surface area contributed by atoms with E-state index in [0.29, 0.717) is 108 Å². The first-order valence-electron chi connectivity index (χ1n) is 39.4. The number of H-pyrrole nitrogens is 5. The van der Waals surface area contributed by atoms with E-state index in [2.05, 4.69) is 91.2 Å². The Kier molecular flexibility index (Phi) is 26.1. The normalized spacial score (nSPS) is 19.6. The number of halogens is 2. The number of carbonyl (C=O) groups excluding carboxylic acids is 2. The summed E-state index contributed by atoms with van der Waals surface area (Å²) in [7, 11) is -13.3. The van der Waals surface area contributed by atoms with Crippen LogP contribution < -0.4 is 39.0 Å². The third kappa shape index (κ3) is 20.2. The Labute approximate surface area is 724 Å². The summed E-state index contributed by atoms with van der Waals surface area (Å²) in [5.74, 6) is 0.393. The summed E-state index contributed by atoms with van der Waals surface area (Å²) in [4.78, 5) is 40.2. The number of sulfonamides is 5. The van der Waals surface area contributed by atoms with E-state index in [9.17, 15) is 51.7 Å². The fourth-order valence-electron chi connectivity index (χ4n) is 17.5. The van der Waals surface area contributed by atoms with Gasteiger partial charge in [-0.15, -0.1) is 11.3 Å². The number of nitrogens with one attached hydrogen (secondary N) is 6. The van der Waals surface area contributed by atoms with E-state index in [1.54, 1.807) is 67.1 Å². The number of ether oxygens (including phenoxy) is 1. The first-order chi connectivity index (χ1) is 57.1. The highest BCUT2D eigenvalue weighted by Crippen LogP contribution is 2.42. The Hall–Kier alpha value is -9.05. The number of aromatic nitrogens is 11. The smallest absolute Gasteiger partial charge is 0.231 e. The van der Waals surface area contributed by atoms with Gasteiger partial charge in [-0.2, -0.15) is 42.7 Å². The number of aromatic amines is 5. The molecule has 0 spiro atoms. The van der Waals surface area contributed by atoms with Crippen LogP contribution >= 0.6 is 34.5 Å². The molecule has 122 heavy (non-hydrogen) atoms. The molecule has 12 heterocycles. The maximum Gasteiger partial charge on any atom is 0.231 e. The molecule has 6 saturated heterocycles. The number of anilines is 8. The molecule has 6 aliphatic rings. The molecule has 0 saturated carbocycles. The van der Waals surface area contributed by atoms with Crippen molar-refractivity contribution in [2.45, 2.75) is 103 Å². The standard InChI is InChI=1S/C17H25N5O3S.C16H25N5O4S2.C16H23N5O3S.C15H15ClN4S.C14H17ClN4O3S/c1-12(23)20(4)13-8-15-14(10-18-19-15)16(9-13)21-6-7-22(26(5,24)25)17(2,3)11-21;1-16(2)11-20(6-7-21(16)27(5,24)25)15-9-12(19(3)26(4,22)23)8-14-13(15)10-17-18-14;1-11(22)18-12-7-14-13(9-17-19-14)15(8-12)20-5-6-21(25(4,23)24)16(2,3)10-20;16-11-7-13-12(9-18-19-13)14(8-11)20-4-1-10(2-5-20)15-17-3-6-21-15;1-23(20,21)19-10-5-18(6-11(19)8-22-7-10)14-3-9(15)2-13-12(14)4-16-17-13/h8-10H,6-7,11H2,1-5H3,(H,18,19);8-10H,6-7,11H2,1-5H3,(H,17,18);7-9H,5-6,10H2,1-4H3,(H,17,19)(H,18,22);3,6-10H,1-2,4-5H2,(H,18,19);2-4,10-11H,5-8H2,1H3,(H,16,17). The number of morpholine rings is 1. The zero-order chi connectivity index (χ0) is 88.3. The van der Waals surface area contributed by atoms with Gasteiger partial charge >= 0.3 is 0 Å². The zero-order valence-electron chi connectivity index (χ0n) is 70.7. The fraction of sp³-hybridized carbons (Fsp3) is 0.487. The fourth-order valence-corrected chi connectivity index (χ4v) is 24.6. The number of rotatable bonds is 14. The minimum atomic E-state index is -3.41. The molecule has 6 aromatic heterocycles. The molecule has 660 valence electrons. The van der Waals surface area contributed by atoms with Crippen LogP contribution in [-0.4, -0.2) is 299 Å². The summed E-state index contributed by atoms with van der Waals surface area (Å²) in [5, 5.41) is 47.7. The molecule has 6 fully saturated rings. The van der Waals surface area contributed by atoms with Gasteiger partial charge in [-0.05, 0) is 115 Å². The number of carbonyl (C=O) groups is 2. The molecular weight excluding hydrogens is 1730 g/mol. The van der Waals surface area contributed by atoms with Crippen molar-refractivity contribution < 1.29 is 56.4 Å². The van der Waals surface area contributed by atoms with Crippen LogP contribution in [0.5, 0.6) is 0 Å². The lowest BCUT2D eigenvalue weighted by Gasteiger charge is -2.49. The zero-order valence-corrected chi connectivity index (χ0v) is 77.1. The number of hydrogen-bond acceptors (Lipinski definition) is 25. The summed E-state index contributed by atoms with van der Waals surface area (Å²) >= 11 is 14.2. The molecule has 2 bridgehead atoms. The van der Waals surface area contributed by atoms with Gasteiger partial charge in [0.25, 0.3) is 0 Å². The van der Waals surface area contributed by atoms with Gasteiger partial charge in [0, 0.05) is 224 Å². The number of nitrogens with zero attached hydrogens (tertiary/aromatic N) is 17. The first-order valence-corrected chi connectivity index (χ1v) is 50.3. The molecule has 2 unspecified atom stereocenters. The molecule has 5 aromatic carbocycles. The highest BCUT2D eigenvalue weighted by molar-refractivity contribution is 7.92. The minimum Gasteiger partial charge on any atom is -0.378 e. The SMILES string of the molecule is CC(=O)N(C)c1cc(N2CCN(S(C)(=O)=O)C(C)(C)C2)c2cn[nH]c2c1.CC(=O)Nc1cc(N2CCN(S(C)(=O)=O)C(C)(C)C2)c2cn[nH]c2c1.CN(c1cc(N2CCN(S(C)(=O)=O)C(C)(C)C2)c2cn[nH]c2c1)S(C)(=O)=O.CS(=O)(=O)N1C2COCC1CN(c1cc(Cl)cc3[nH]ncc13)C2.Clc1cc(N2CCC(c3nccs3)CC2)c2cn[nH]c2c1. The van der Waals surface area contributed by atoms with Crippen molar-refractivity contribution in [1.29, 1.82) is 0 Å². The van der Waals surface area contributed by atoms with Crippen molar-refractivity contribution in [2.75, 3.05) is 183 Å². The third-order valence-electron chi connectivity index (χ3n) is 22.9. The molecule has 0 radical (unpaired) electrons. The van der Waals surface area contributed by atoms with Gasteiger partial charge in [0.15, 0.2) is 0 Å². The maximum absolute atomic E-state index is 12.1. The molecule has 17 rings (SSSR count). The number of piperidine rings is 1. The van der Waals surface area contributed by atoms with Crippen LogP contribution in [0.25, 0.3) is 54.5 Å². The second-order valence-electron chi connectivity index (χ2n) is 33.6. The highest BCUT2D eigenvalue weighted by atomic mass is 35.5. The van der Waals surface area contributed by atoms with Crippen molar-refractivity contribution in [3.8, 4) is 0 Å². The highest BCUT2D eigenvalue weighted by Gasteiger charge is 2.46. The lowest BCUT2D eigenvalue weighted by Crippen LogP contribution is -2.66. The Morgan fingerprint density at radius 1 is 0.475 bits per heavy atom. The second kappa shape index (κ2) is 35.2. The number of piperazine rings is 4. The van der Waals surface area contributed by atoms with Crippen LogP contribution in [0.2, 0.25) is 10.0 Å². The monoisotopic (exact) mass is 1830 g/mol. The van der Waals surface area contributed by atoms with Crippen LogP contribution in [0.1, 0.15) is 79.2 Å². The van der Waals surface area contributed by atoms with Gasteiger partial charge in [-0.25, -0.2) is 47.1 Å². The van der Waals surface area contributed by atoms with E-state index in [1.165, 1.54) is 65.2 Å².